The minimum Gasteiger partial charge on any atom is -0.364 e. The molecular formula is C20H19N3O2. The smallest absolute Gasteiger partial charge is 0.265 e. The Hall–Kier alpha value is -3.21. The van der Waals surface area contributed by atoms with E-state index in [4.69, 9.17) is 5.73 Å². The zero-order valence-corrected chi connectivity index (χ0v) is 14.2. The van der Waals surface area contributed by atoms with E-state index in [9.17, 15) is 9.59 Å². The summed E-state index contributed by atoms with van der Waals surface area (Å²) < 4.78 is 0. The number of nitrogens with one attached hydrogen (secondary N) is 1. The lowest BCUT2D eigenvalue weighted by molar-refractivity contribution is -0.116. The number of rotatable bonds is 5. The Bertz CT molecular complexity index is 957. The van der Waals surface area contributed by atoms with Gasteiger partial charge in [0.2, 0.25) is 0 Å². The number of nitrogens with zero attached hydrogens (tertiary/aromatic N) is 1. The van der Waals surface area contributed by atoms with Crippen LogP contribution in [0.25, 0.3) is 22.4 Å². The molecule has 0 aliphatic carbocycles. The second-order valence-corrected chi connectivity index (χ2v) is 6.07. The molecular weight excluding hydrogens is 314 g/mol. The number of aryl methyl sites for hydroxylation is 1. The van der Waals surface area contributed by atoms with Gasteiger partial charge in [0.1, 0.15) is 11.5 Å². The molecule has 2 heterocycles. The molecule has 5 nitrogen and oxygen atoms in total. The zero-order chi connectivity index (χ0) is 18.0. The van der Waals surface area contributed by atoms with Crippen LogP contribution in [0.4, 0.5) is 0 Å². The van der Waals surface area contributed by atoms with E-state index in [0.29, 0.717) is 11.4 Å². The molecule has 0 aliphatic rings. The third-order valence-electron chi connectivity index (χ3n) is 4.06. The summed E-state index contributed by atoms with van der Waals surface area (Å²) in [6.07, 6.45) is 1.94. The van der Waals surface area contributed by atoms with Gasteiger partial charge in [-0.2, -0.15) is 0 Å². The highest BCUT2D eigenvalue weighted by atomic mass is 16.1. The van der Waals surface area contributed by atoms with Crippen LogP contribution in [0.2, 0.25) is 0 Å². The highest BCUT2D eigenvalue weighted by Gasteiger charge is 2.17. The largest absolute Gasteiger partial charge is 0.364 e. The van der Waals surface area contributed by atoms with Crippen molar-refractivity contribution in [3.8, 4) is 22.4 Å². The number of ketones is 1. The summed E-state index contributed by atoms with van der Waals surface area (Å²) in [5.41, 5.74) is 11.0. The summed E-state index contributed by atoms with van der Waals surface area (Å²) in [5.74, 6) is -0.461. The van der Waals surface area contributed by atoms with Gasteiger partial charge in [-0.25, -0.2) is 0 Å². The molecule has 0 saturated heterocycles. The zero-order valence-electron chi connectivity index (χ0n) is 14.2. The fraction of sp³-hybridized carbons (Fsp3) is 0.150. The molecule has 0 unspecified atom stereocenters. The first kappa shape index (κ1) is 16.6. The van der Waals surface area contributed by atoms with Gasteiger partial charge >= 0.3 is 0 Å². The van der Waals surface area contributed by atoms with Gasteiger partial charge in [-0.15, -0.1) is 0 Å². The van der Waals surface area contributed by atoms with Crippen molar-refractivity contribution in [2.24, 2.45) is 5.73 Å². The van der Waals surface area contributed by atoms with Crippen LogP contribution in [0.5, 0.6) is 0 Å². The lowest BCUT2D eigenvalue weighted by atomic mass is 10.00. The molecule has 25 heavy (non-hydrogen) atoms. The number of amides is 1. The van der Waals surface area contributed by atoms with Crippen LogP contribution in [0.15, 0.2) is 48.7 Å². The Morgan fingerprint density at radius 3 is 2.56 bits per heavy atom. The maximum absolute atomic E-state index is 11.9. The molecule has 1 amide bonds. The monoisotopic (exact) mass is 333 g/mol. The average molecular weight is 333 g/mol. The molecule has 126 valence electrons. The number of nitrogens with two attached hydrogens (primary N) is 1. The van der Waals surface area contributed by atoms with E-state index in [-0.39, 0.29) is 12.2 Å². The van der Waals surface area contributed by atoms with Gasteiger partial charge in [0.25, 0.3) is 5.91 Å². The number of carbonyl (C=O) groups excluding carboxylic acids is 2. The predicted molar refractivity (Wildman–Crippen MR) is 97.1 cm³/mol. The van der Waals surface area contributed by atoms with Gasteiger partial charge < -0.3 is 10.7 Å². The van der Waals surface area contributed by atoms with E-state index < -0.39 is 5.91 Å². The van der Waals surface area contributed by atoms with E-state index >= 15 is 0 Å². The van der Waals surface area contributed by atoms with Crippen molar-refractivity contribution in [3.63, 3.8) is 0 Å². The van der Waals surface area contributed by atoms with Crippen LogP contribution in [0.1, 0.15) is 28.7 Å². The number of hydrogen-bond acceptors (Lipinski definition) is 3. The molecule has 0 fully saturated rings. The Labute approximate surface area is 145 Å². The quantitative estimate of drug-likeness (QED) is 0.751. The van der Waals surface area contributed by atoms with Gasteiger partial charge in [0.05, 0.1) is 0 Å². The highest BCUT2D eigenvalue weighted by molar-refractivity contribution is 6.00. The van der Waals surface area contributed by atoms with Gasteiger partial charge in [0.15, 0.2) is 0 Å². The molecule has 1 aromatic carbocycles. The number of benzene rings is 1. The number of Topliss-reactive ketones (excluding diaryl/α,β-unsaturated/α-hetero) is 1. The molecule has 0 radical (unpaired) electrons. The minimum absolute atomic E-state index is 0.0505. The van der Waals surface area contributed by atoms with E-state index in [1.54, 1.807) is 6.20 Å². The Morgan fingerprint density at radius 1 is 1.12 bits per heavy atom. The summed E-state index contributed by atoms with van der Waals surface area (Å²) in [5, 5.41) is 0. The van der Waals surface area contributed by atoms with Gasteiger partial charge in [0, 0.05) is 35.1 Å². The third kappa shape index (κ3) is 3.50. The van der Waals surface area contributed by atoms with Crippen molar-refractivity contribution < 1.29 is 9.59 Å². The molecule has 3 aromatic rings. The van der Waals surface area contributed by atoms with Crippen molar-refractivity contribution >= 4 is 11.7 Å². The SMILES string of the molecule is CC(=O)Cc1cc(-c2cc(-c3ccccc3C)c(C(N)=O)[nH]2)ccn1. The number of H-pyrrole nitrogens is 1. The highest BCUT2D eigenvalue weighted by Crippen LogP contribution is 2.31. The first-order chi connectivity index (χ1) is 12.0. The van der Waals surface area contributed by atoms with Crippen LogP contribution in [0.3, 0.4) is 0 Å². The molecule has 0 saturated carbocycles. The third-order valence-corrected chi connectivity index (χ3v) is 4.06. The van der Waals surface area contributed by atoms with E-state index in [0.717, 1.165) is 27.9 Å². The summed E-state index contributed by atoms with van der Waals surface area (Å²) in [6, 6.07) is 13.4. The van der Waals surface area contributed by atoms with Crippen molar-refractivity contribution in [3.05, 3.63) is 65.6 Å². The topological polar surface area (TPSA) is 88.8 Å². The average Bonchev–Trinajstić information content (AvgIpc) is 3.00. The summed E-state index contributed by atoms with van der Waals surface area (Å²) >= 11 is 0. The molecule has 0 aliphatic heterocycles. The van der Waals surface area contributed by atoms with Crippen LogP contribution in [-0.2, 0) is 11.2 Å². The molecule has 2 aromatic heterocycles. The number of aromatic amines is 1. The molecule has 0 bridgehead atoms. The first-order valence-electron chi connectivity index (χ1n) is 7.99. The van der Waals surface area contributed by atoms with Crippen molar-refractivity contribution in [2.45, 2.75) is 20.3 Å². The summed E-state index contributed by atoms with van der Waals surface area (Å²) in [7, 11) is 0. The standard InChI is InChI=1S/C20H19N3O2/c1-12-5-3-4-6-16(12)17-11-18(23-19(17)20(21)25)14-7-8-22-15(10-14)9-13(2)24/h3-8,10-11,23H,9H2,1-2H3,(H2,21,25). The summed E-state index contributed by atoms with van der Waals surface area (Å²) in [4.78, 5) is 30.6. The molecule has 5 heteroatoms. The van der Waals surface area contributed by atoms with Crippen molar-refractivity contribution in [2.75, 3.05) is 0 Å². The Kier molecular flexibility index (Phi) is 4.48. The molecule has 0 spiro atoms. The molecule has 0 atom stereocenters. The van der Waals surface area contributed by atoms with Crippen molar-refractivity contribution in [1.82, 2.24) is 9.97 Å². The Morgan fingerprint density at radius 2 is 1.88 bits per heavy atom. The number of carbonyl (C=O) groups is 2. The maximum atomic E-state index is 11.9. The van der Waals surface area contributed by atoms with Gasteiger partial charge in [-0.3, -0.25) is 14.6 Å². The Balaban J connectivity index is 2.10. The minimum atomic E-state index is -0.512. The first-order valence-corrected chi connectivity index (χ1v) is 7.99. The number of hydrogen-bond donors (Lipinski definition) is 2. The second-order valence-electron chi connectivity index (χ2n) is 6.07. The van der Waals surface area contributed by atoms with Crippen LogP contribution in [-0.4, -0.2) is 21.7 Å². The predicted octanol–water partition coefficient (Wildman–Crippen LogP) is 3.28. The van der Waals surface area contributed by atoms with Gasteiger partial charge in [-0.1, -0.05) is 24.3 Å². The maximum Gasteiger partial charge on any atom is 0.265 e. The fourth-order valence-corrected chi connectivity index (χ4v) is 2.89. The van der Waals surface area contributed by atoms with Crippen LogP contribution < -0.4 is 5.73 Å². The van der Waals surface area contributed by atoms with Crippen LogP contribution >= 0.6 is 0 Å². The van der Waals surface area contributed by atoms with Gasteiger partial charge in [-0.05, 0) is 43.2 Å². The number of primary amides is 1. The van der Waals surface area contributed by atoms with E-state index in [2.05, 4.69) is 9.97 Å². The number of aromatic nitrogens is 2. The van der Waals surface area contributed by atoms with E-state index in [1.165, 1.54) is 6.92 Å². The lowest BCUT2D eigenvalue weighted by Gasteiger charge is -2.04. The summed E-state index contributed by atoms with van der Waals surface area (Å²) in [6.45, 7) is 3.52. The number of pyridine rings is 1. The molecule has 3 N–H and O–H groups in total. The molecule has 3 rings (SSSR count). The van der Waals surface area contributed by atoms with Crippen molar-refractivity contribution in [1.29, 1.82) is 0 Å². The van der Waals surface area contributed by atoms with E-state index in [1.807, 2.05) is 49.4 Å². The normalized spacial score (nSPS) is 10.6. The second kappa shape index (κ2) is 6.73. The lowest BCUT2D eigenvalue weighted by Crippen LogP contribution is -2.12. The fourth-order valence-electron chi connectivity index (χ4n) is 2.89. The van der Waals surface area contributed by atoms with Crippen LogP contribution in [0, 0.1) is 6.92 Å².